The molecule has 15 heavy (non-hydrogen) atoms. The second kappa shape index (κ2) is 3.36. The van der Waals surface area contributed by atoms with Gasteiger partial charge in [0.05, 0.1) is 5.69 Å². The maximum atomic E-state index is 11.8. The quantitative estimate of drug-likeness (QED) is 0.698. The molecule has 4 nitrogen and oxygen atoms in total. The van der Waals surface area contributed by atoms with E-state index in [1.165, 1.54) is 0 Å². The summed E-state index contributed by atoms with van der Waals surface area (Å²) in [4.78, 5) is 16.3. The standard InChI is InChI=1S/C11H17N3O/c1-11(2,3)8-7-9(15)14-6-4-5-12-10(14)13-8/h7H,4-6H2,1-3H3,(H,12,13). The second-order valence-corrected chi connectivity index (χ2v) is 4.99. The van der Waals surface area contributed by atoms with Crippen LogP contribution in [0.2, 0.25) is 0 Å². The molecule has 0 fully saturated rings. The number of rotatable bonds is 0. The fourth-order valence-corrected chi connectivity index (χ4v) is 1.68. The van der Waals surface area contributed by atoms with Crippen LogP contribution < -0.4 is 10.9 Å². The summed E-state index contributed by atoms with van der Waals surface area (Å²) >= 11 is 0. The van der Waals surface area contributed by atoms with Crippen LogP contribution in [0, 0.1) is 0 Å². The highest BCUT2D eigenvalue weighted by Gasteiger charge is 2.20. The molecule has 0 radical (unpaired) electrons. The fourth-order valence-electron chi connectivity index (χ4n) is 1.68. The van der Waals surface area contributed by atoms with E-state index in [-0.39, 0.29) is 11.0 Å². The number of anilines is 1. The van der Waals surface area contributed by atoms with E-state index in [9.17, 15) is 4.79 Å². The van der Waals surface area contributed by atoms with Crippen LogP contribution in [0.4, 0.5) is 5.95 Å². The molecule has 0 aliphatic carbocycles. The molecule has 2 heterocycles. The lowest BCUT2D eigenvalue weighted by molar-refractivity contribution is 0.541. The number of nitrogens with zero attached hydrogens (tertiary/aromatic N) is 2. The van der Waals surface area contributed by atoms with Gasteiger partial charge in [-0.3, -0.25) is 9.36 Å². The first-order chi connectivity index (χ1) is 6.98. The van der Waals surface area contributed by atoms with Crippen LogP contribution in [0.5, 0.6) is 0 Å². The van der Waals surface area contributed by atoms with Gasteiger partial charge in [-0.25, -0.2) is 4.98 Å². The smallest absolute Gasteiger partial charge is 0.255 e. The van der Waals surface area contributed by atoms with Crippen LogP contribution in [0.3, 0.4) is 0 Å². The summed E-state index contributed by atoms with van der Waals surface area (Å²) in [6.07, 6.45) is 0.990. The molecule has 0 spiro atoms. The normalized spacial score (nSPS) is 15.7. The average Bonchev–Trinajstić information content (AvgIpc) is 2.16. The van der Waals surface area contributed by atoms with Crippen LogP contribution in [0.25, 0.3) is 0 Å². The van der Waals surface area contributed by atoms with Gasteiger partial charge in [-0.05, 0) is 6.42 Å². The first-order valence-electron chi connectivity index (χ1n) is 5.35. The lowest BCUT2D eigenvalue weighted by Gasteiger charge is -2.23. The Morgan fingerprint density at radius 3 is 2.87 bits per heavy atom. The number of fused-ring (bicyclic) bond motifs is 1. The maximum absolute atomic E-state index is 11.8. The zero-order valence-corrected chi connectivity index (χ0v) is 9.50. The zero-order chi connectivity index (χ0) is 11.1. The van der Waals surface area contributed by atoms with Crippen LogP contribution in [-0.2, 0) is 12.0 Å². The van der Waals surface area contributed by atoms with Gasteiger partial charge in [-0.2, -0.15) is 0 Å². The van der Waals surface area contributed by atoms with Crippen molar-refractivity contribution in [1.82, 2.24) is 9.55 Å². The monoisotopic (exact) mass is 207 g/mol. The number of nitrogens with one attached hydrogen (secondary N) is 1. The second-order valence-electron chi connectivity index (χ2n) is 4.99. The third-order valence-electron chi connectivity index (χ3n) is 2.62. The summed E-state index contributed by atoms with van der Waals surface area (Å²) in [5.41, 5.74) is 0.832. The molecule has 1 aliphatic rings. The van der Waals surface area contributed by atoms with Crippen molar-refractivity contribution in [2.75, 3.05) is 11.9 Å². The van der Waals surface area contributed by atoms with Crippen molar-refractivity contribution in [1.29, 1.82) is 0 Å². The Bertz CT molecular complexity index is 428. The Hall–Kier alpha value is -1.32. The van der Waals surface area contributed by atoms with E-state index >= 15 is 0 Å². The van der Waals surface area contributed by atoms with E-state index in [0.717, 1.165) is 31.2 Å². The molecule has 1 aromatic heterocycles. The molecule has 0 saturated heterocycles. The van der Waals surface area contributed by atoms with Crippen molar-refractivity contribution in [3.05, 3.63) is 22.1 Å². The molecular formula is C11H17N3O. The lowest BCUT2D eigenvalue weighted by atomic mass is 9.92. The van der Waals surface area contributed by atoms with E-state index in [4.69, 9.17) is 0 Å². The van der Waals surface area contributed by atoms with Gasteiger partial charge in [0.1, 0.15) is 0 Å². The summed E-state index contributed by atoms with van der Waals surface area (Å²) in [5.74, 6) is 0.721. The van der Waals surface area contributed by atoms with Gasteiger partial charge in [0.25, 0.3) is 5.56 Å². The highest BCUT2D eigenvalue weighted by atomic mass is 16.1. The largest absolute Gasteiger partial charge is 0.355 e. The van der Waals surface area contributed by atoms with E-state index in [1.54, 1.807) is 10.6 Å². The Morgan fingerprint density at radius 1 is 1.47 bits per heavy atom. The predicted molar refractivity (Wildman–Crippen MR) is 60.3 cm³/mol. The van der Waals surface area contributed by atoms with Gasteiger partial charge in [-0.15, -0.1) is 0 Å². The minimum Gasteiger partial charge on any atom is -0.355 e. The summed E-state index contributed by atoms with van der Waals surface area (Å²) in [5, 5.41) is 3.17. The predicted octanol–water partition coefficient (Wildman–Crippen LogP) is 1.36. The van der Waals surface area contributed by atoms with Crippen molar-refractivity contribution in [3.8, 4) is 0 Å². The Labute approximate surface area is 89.3 Å². The molecule has 0 aromatic carbocycles. The van der Waals surface area contributed by atoms with Crippen molar-refractivity contribution in [2.24, 2.45) is 0 Å². The minimum atomic E-state index is -0.0755. The third-order valence-corrected chi connectivity index (χ3v) is 2.62. The lowest BCUT2D eigenvalue weighted by Crippen LogP contribution is -2.32. The van der Waals surface area contributed by atoms with E-state index < -0.39 is 0 Å². The molecular weight excluding hydrogens is 190 g/mol. The van der Waals surface area contributed by atoms with Gasteiger partial charge >= 0.3 is 0 Å². The molecule has 0 bridgehead atoms. The molecule has 1 N–H and O–H groups in total. The highest BCUT2D eigenvalue weighted by Crippen LogP contribution is 2.20. The zero-order valence-electron chi connectivity index (χ0n) is 9.50. The highest BCUT2D eigenvalue weighted by molar-refractivity contribution is 5.31. The molecule has 1 aliphatic heterocycles. The third kappa shape index (κ3) is 1.89. The molecule has 0 saturated carbocycles. The topological polar surface area (TPSA) is 46.9 Å². The molecule has 1 aromatic rings. The minimum absolute atomic E-state index is 0.0529. The Balaban J connectivity index is 2.55. The van der Waals surface area contributed by atoms with Crippen LogP contribution in [0.15, 0.2) is 10.9 Å². The molecule has 82 valence electrons. The van der Waals surface area contributed by atoms with Crippen molar-refractivity contribution in [3.63, 3.8) is 0 Å². The Kier molecular flexibility index (Phi) is 2.29. The van der Waals surface area contributed by atoms with E-state index in [0.29, 0.717) is 0 Å². The fraction of sp³-hybridized carbons (Fsp3) is 0.636. The summed E-state index contributed by atoms with van der Waals surface area (Å²) < 4.78 is 1.71. The first-order valence-corrected chi connectivity index (χ1v) is 5.35. The van der Waals surface area contributed by atoms with Crippen LogP contribution in [0.1, 0.15) is 32.9 Å². The van der Waals surface area contributed by atoms with Gasteiger partial charge in [0.2, 0.25) is 5.95 Å². The molecule has 0 atom stereocenters. The van der Waals surface area contributed by atoms with Gasteiger partial charge in [0.15, 0.2) is 0 Å². The van der Waals surface area contributed by atoms with Crippen LogP contribution >= 0.6 is 0 Å². The Morgan fingerprint density at radius 2 is 2.20 bits per heavy atom. The van der Waals surface area contributed by atoms with Crippen molar-refractivity contribution < 1.29 is 0 Å². The molecule has 2 rings (SSSR count). The summed E-state index contributed by atoms with van der Waals surface area (Å²) in [7, 11) is 0. The first kappa shape index (κ1) is 10.2. The maximum Gasteiger partial charge on any atom is 0.255 e. The van der Waals surface area contributed by atoms with Crippen LogP contribution in [-0.4, -0.2) is 16.1 Å². The van der Waals surface area contributed by atoms with E-state index in [1.807, 2.05) is 0 Å². The van der Waals surface area contributed by atoms with Gasteiger partial charge in [-0.1, -0.05) is 20.8 Å². The number of hydrogen-bond donors (Lipinski definition) is 1. The van der Waals surface area contributed by atoms with Crippen molar-refractivity contribution >= 4 is 5.95 Å². The molecule has 0 unspecified atom stereocenters. The summed E-state index contributed by atoms with van der Waals surface area (Å²) in [6.45, 7) is 7.87. The number of aromatic nitrogens is 2. The number of hydrogen-bond acceptors (Lipinski definition) is 3. The van der Waals surface area contributed by atoms with Gasteiger partial charge < -0.3 is 5.32 Å². The van der Waals surface area contributed by atoms with Gasteiger partial charge in [0, 0.05) is 24.6 Å². The summed E-state index contributed by atoms with van der Waals surface area (Å²) in [6, 6.07) is 1.65. The molecule has 0 amide bonds. The SMILES string of the molecule is CC(C)(C)c1cc(=O)n2c(n1)NCCC2. The van der Waals surface area contributed by atoms with Crippen molar-refractivity contribution in [2.45, 2.75) is 39.2 Å². The average molecular weight is 207 g/mol. The van der Waals surface area contributed by atoms with E-state index in [2.05, 4.69) is 31.1 Å². The molecule has 4 heteroatoms.